The minimum absolute atomic E-state index is 0.317. The molecule has 0 bridgehead atoms. The normalized spacial score (nSPS) is 15.7. The summed E-state index contributed by atoms with van der Waals surface area (Å²) in [5, 5.41) is 0.952. The van der Waals surface area contributed by atoms with Crippen LogP contribution in [0.3, 0.4) is 0 Å². The van der Waals surface area contributed by atoms with Crippen LogP contribution in [0.4, 0.5) is 0 Å². The molecule has 0 spiro atoms. The molecular weight excluding hydrogens is 308 g/mol. The standard InChI is InChI=1S/C18H18N2O2S/c1-13-5-7-15(8-6-13)23(21,22)20-12-17(14-3-2-4-14)16-11-19-10-9-18(16)20/h5-12,14H,2-4H2,1H3. The van der Waals surface area contributed by atoms with Gasteiger partial charge in [-0.2, -0.15) is 0 Å². The Labute approximate surface area is 135 Å². The Kier molecular flexibility index (Phi) is 3.27. The van der Waals surface area contributed by atoms with E-state index in [0.717, 1.165) is 29.4 Å². The first kappa shape index (κ1) is 14.5. The molecule has 3 aromatic rings. The Balaban J connectivity index is 1.93. The van der Waals surface area contributed by atoms with Gasteiger partial charge in [0.2, 0.25) is 0 Å². The van der Waals surface area contributed by atoms with Crippen LogP contribution in [0.25, 0.3) is 10.9 Å². The van der Waals surface area contributed by atoms with Crippen LogP contribution >= 0.6 is 0 Å². The van der Waals surface area contributed by atoms with Crippen LogP contribution in [0.15, 0.2) is 53.8 Å². The number of hydrogen-bond acceptors (Lipinski definition) is 3. The van der Waals surface area contributed by atoms with Crippen molar-refractivity contribution in [2.75, 3.05) is 0 Å². The van der Waals surface area contributed by atoms with Gasteiger partial charge in [0.1, 0.15) is 0 Å². The molecule has 0 aliphatic heterocycles. The van der Waals surface area contributed by atoms with E-state index in [2.05, 4.69) is 4.98 Å². The minimum Gasteiger partial charge on any atom is -0.264 e. The molecule has 118 valence electrons. The van der Waals surface area contributed by atoms with Gasteiger partial charge in [0.25, 0.3) is 10.0 Å². The van der Waals surface area contributed by atoms with Crippen LogP contribution in [0, 0.1) is 6.92 Å². The second-order valence-electron chi connectivity index (χ2n) is 6.22. The van der Waals surface area contributed by atoms with Crippen LogP contribution in [0.1, 0.15) is 36.3 Å². The molecule has 1 fully saturated rings. The van der Waals surface area contributed by atoms with Crippen LogP contribution in [-0.2, 0) is 10.0 Å². The number of fused-ring (bicyclic) bond motifs is 1. The van der Waals surface area contributed by atoms with Crippen molar-refractivity contribution in [1.82, 2.24) is 8.96 Å². The summed E-state index contributed by atoms with van der Waals surface area (Å²) in [6, 6.07) is 8.77. The highest BCUT2D eigenvalue weighted by atomic mass is 32.2. The SMILES string of the molecule is Cc1ccc(S(=O)(=O)n2cc(C3CCC3)c3cnccc32)cc1. The number of nitrogens with zero attached hydrogens (tertiary/aromatic N) is 2. The molecule has 0 atom stereocenters. The third kappa shape index (κ3) is 2.27. The number of pyridine rings is 1. The predicted molar refractivity (Wildman–Crippen MR) is 90.1 cm³/mol. The van der Waals surface area contributed by atoms with Gasteiger partial charge in [-0.05, 0) is 49.4 Å². The summed E-state index contributed by atoms with van der Waals surface area (Å²) in [5.74, 6) is 0.455. The number of benzene rings is 1. The quantitative estimate of drug-likeness (QED) is 0.734. The van der Waals surface area contributed by atoms with E-state index >= 15 is 0 Å². The second-order valence-corrected chi connectivity index (χ2v) is 8.03. The number of aryl methyl sites for hydroxylation is 1. The molecule has 0 radical (unpaired) electrons. The molecule has 1 saturated carbocycles. The van der Waals surface area contributed by atoms with Gasteiger partial charge >= 0.3 is 0 Å². The molecule has 0 saturated heterocycles. The fourth-order valence-corrected chi connectivity index (χ4v) is 4.51. The molecule has 1 aromatic carbocycles. The summed E-state index contributed by atoms with van der Waals surface area (Å²) in [4.78, 5) is 4.50. The van der Waals surface area contributed by atoms with E-state index in [9.17, 15) is 8.42 Å². The smallest absolute Gasteiger partial charge is 0.264 e. The molecule has 5 heteroatoms. The summed E-state index contributed by atoms with van der Waals surface area (Å²) in [6.07, 6.45) is 8.68. The lowest BCUT2D eigenvalue weighted by Crippen LogP contribution is -2.12. The first-order valence-electron chi connectivity index (χ1n) is 7.84. The molecule has 0 N–H and O–H groups in total. The van der Waals surface area contributed by atoms with Crippen LogP contribution in [0.2, 0.25) is 0 Å². The topological polar surface area (TPSA) is 52.0 Å². The van der Waals surface area contributed by atoms with Gasteiger partial charge in [-0.1, -0.05) is 24.1 Å². The molecule has 4 rings (SSSR count). The van der Waals surface area contributed by atoms with E-state index in [-0.39, 0.29) is 0 Å². The lowest BCUT2D eigenvalue weighted by atomic mass is 9.80. The van der Waals surface area contributed by atoms with Crippen molar-refractivity contribution in [1.29, 1.82) is 0 Å². The van der Waals surface area contributed by atoms with Crippen molar-refractivity contribution in [2.45, 2.75) is 37.0 Å². The molecule has 23 heavy (non-hydrogen) atoms. The van der Waals surface area contributed by atoms with E-state index in [1.165, 1.54) is 10.4 Å². The monoisotopic (exact) mass is 326 g/mol. The highest BCUT2D eigenvalue weighted by Crippen LogP contribution is 2.41. The maximum atomic E-state index is 13.0. The highest BCUT2D eigenvalue weighted by Gasteiger charge is 2.27. The molecule has 1 aliphatic carbocycles. The van der Waals surface area contributed by atoms with Crippen molar-refractivity contribution >= 4 is 20.9 Å². The zero-order chi connectivity index (χ0) is 16.0. The maximum Gasteiger partial charge on any atom is 0.268 e. The van der Waals surface area contributed by atoms with Crippen LogP contribution < -0.4 is 0 Å². The third-order valence-corrected chi connectivity index (χ3v) is 6.41. The molecular formula is C18H18N2O2S. The zero-order valence-corrected chi connectivity index (χ0v) is 13.8. The largest absolute Gasteiger partial charge is 0.268 e. The van der Waals surface area contributed by atoms with E-state index in [0.29, 0.717) is 16.3 Å². The molecule has 2 aromatic heterocycles. The summed E-state index contributed by atoms with van der Waals surface area (Å²) in [6.45, 7) is 1.95. The van der Waals surface area contributed by atoms with E-state index in [4.69, 9.17) is 0 Å². The fourth-order valence-electron chi connectivity index (χ4n) is 3.13. The predicted octanol–water partition coefficient (Wildman–Crippen LogP) is 3.85. The van der Waals surface area contributed by atoms with Crippen molar-refractivity contribution in [3.05, 3.63) is 60.0 Å². The van der Waals surface area contributed by atoms with Crippen molar-refractivity contribution in [3.63, 3.8) is 0 Å². The van der Waals surface area contributed by atoms with E-state index < -0.39 is 10.0 Å². The molecule has 0 unspecified atom stereocenters. The Morgan fingerprint density at radius 1 is 1.13 bits per heavy atom. The Hall–Kier alpha value is -2.14. The van der Waals surface area contributed by atoms with Gasteiger partial charge in [-0.3, -0.25) is 4.98 Å². The van der Waals surface area contributed by atoms with Gasteiger partial charge in [0, 0.05) is 24.0 Å². The summed E-state index contributed by atoms with van der Waals surface area (Å²) >= 11 is 0. The van der Waals surface area contributed by atoms with Gasteiger partial charge in [0.15, 0.2) is 0 Å². The lowest BCUT2D eigenvalue weighted by molar-refractivity contribution is 0.422. The molecule has 4 nitrogen and oxygen atoms in total. The first-order chi connectivity index (χ1) is 11.1. The van der Waals surface area contributed by atoms with Crippen LogP contribution in [-0.4, -0.2) is 17.4 Å². The Morgan fingerprint density at radius 2 is 1.87 bits per heavy atom. The molecule has 1 aliphatic rings. The third-order valence-electron chi connectivity index (χ3n) is 4.73. The number of aromatic nitrogens is 2. The van der Waals surface area contributed by atoms with Gasteiger partial charge < -0.3 is 0 Å². The number of hydrogen-bond donors (Lipinski definition) is 0. The first-order valence-corrected chi connectivity index (χ1v) is 9.28. The average molecular weight is 326 g/mol. The summed E-state index contributed by atoms with van der Waals surface area (Å²) in [7, 11) is -3.59. The van der Waals surface area contributed by atoms with Gasteiger partial charge in [0.05, 0.1) is 10.4 Å². The van der Waals surface area contributed by atoms with Crippen molar-refractivity contribution in [2.24, 2.45) is 0 Å². The second kappa shape index (κ2) is 5.20. The van der Waals surface area contributed by atoms with Crippen molar-refractivity contribution in [3.8, 4) is 0 Å². The van der Waals surface area contributed by atoms with Gasteiger partial charge in [-0.15, -0.1) is 0 Å². The summed E-state index contributed by atoms with van der Waals surface area (Å²) in [5.41, 5.74) is 2.86. The summed E-state index contributed by atoms with van der Waals surface area (Å²) < 4.78 is 27.5. The van der Waals surface area contributed by atoms with Crippen LogP contribution in [0.5, 0.6) is 0 Å². The Bertz CT molecular complexity index is 968. The Morgan fingerprint density at radius 3 is 2.52 bits per heavy atom. The maximum absolute atomic E-state index is 13.0. The average Bonchev–Trinajstić information content (AvgIpc) is 2.87. The van der Waals surface area contributed by atoms with E-state index in [1.807, 2.05) is 19.1 Å². The highest BCUT2D eigenvalue weighted by molar-refractivity contribution is 7.90. The molecule has 0 amide bonds. The van der Waals surface area contributed by atoms with Crippen molar-refractivity contribution < 1.29 is 8.42 Å². The molecule has 2 heterocycles. The van der Waals surface area contributed by atoms with E-state index in [1.54, 1.807) is 36.8 Å². The number of rotatable bonds is 3. The minimum atomic E-state index is -3.59. The zero-order valence-electron chi connectivity index (χ0n) is 12.9. The fraction of sp³-hybridized carbons (Fsp3) is 0.278. The lowest BCUT2D eigenvalue weighted by Gasteiger charge is -2.24. The van der Waals surface area contributed by atoms with Gasteiger partial charge in [-0.25, -0.2) is 12.4 Å².